The van der Waals surface area contributed by atoms with Gasteiger partial charge in [0.2, 0.25) is 5.91 Å². The van der Waals surface area contributed by atoms with Gasteiger partial charge in [-0.2, -0.15) is 13.5 Å². The number of nitrogens with zero attached hydrogens (tertiary/aromatic N) is 1. The molecule has 1 fully saturated rings. The molecule has 0 unspecified atom stereocenters. The number of primary amides is 1. The first-order valence-electron chi connectivity index (χ1n) is 14.7. The molecule has 0 aliphatic heterocycles. The maximum atomic E-state index is 12.5. The van der Waals surface area contributed by atoms with Gasteiger partial charge < -0.3 is 20.5 Å². The molecule has 4 N–H and O–H groups in total. The van der Waals surface area contributed by atoms with Gasteiger partial charge in [-0.15, -0.1) is 4.28 Å². The van der Waals surface area contributed by atoms with Crippen molar-refractivity contribution >= 4 is 34.4 Å². The molecule has 1 saturated carbocycles. The molecule has 1 aliphatic carbocycles. The second kappa shape index (κ2) is 18.2. The van der Waals surface area contributed by atoms with Gasteiger partial charge in [0.05, 0.1) is 31.3 Å². The smallest absolute Gasteiger partial charge is 0.421 e. The van der Waals surface area contributed by atoms with Crippen LogP contribution in [0.5, 0.6) is 0 Å². The predicted molar refractivity (Wildman–Crippen MR) is 155 cm³/mol. The molecule has 0 saturated heterocycles. The Labute approximate surface area is 255 Å². The van der Waals surface area contributed by atoms with Crippen molar-refractivity contribution in [1.29, 1.82) is 0 Å². The minimum Gasteiger partial charge on any atom is -0.465 e. The normalized spacial score (nSPS) is 17.5. The predicted octanol–water partition coefficient (Wildman–Crippen LogP) is 3.23. The molecule has 4 amide bonds. The highest BCUT2D eigenvalue weighted by Crippen LogP contribution is 2.29. The molecule has 43 heavy (non-hydrogen) atoms. The van der Waals surface area contributed by atoms with Crippen molar-refractivity contribution in [3.8, 4) is 0 Å². The minimum absolute atomic E-state index is 0.00898. The highest BCUT2D eigenvalue weighted by atomic mass is 32.3. The molecule has 0 aromatic heterocycles. The van der Waals surface area contributed by atoms with E-state index in [4.69, 9.17) is 28.5 Å². The molecule has 1 aliphatic rings. The number of nitrogens with two attached hydrogens (primary N) is 1. The Morgan fingerprint density at radius 3 is 2.14 bits per heavy atom. The van der Waals surface area contributed by atoms with Crippen LogP contribution in [0.15, 0.2) is 0 Å². The Morgan fingerprint density at radius 2 is 1.56 bits per heavy atom. The van der Waals surface area contributed by atoms with Crippen LogP contribution in [0.4, 0.5) is 9.59 Å². The number of ether oxygens (including phenoxy) is 2. The first-order valence-corrected chi connectivity index (χ1v) is 16.0. The fourth-order valence-electron chi connectivity index (χ4n) is 4.04. The standard InChI is InChI=1S/C27H50N4O11S/c1-7-8-9-10-11-17-38-23(33)27(5,6)19-40-43(36,37)42-31(24(28)34)21-14-12-20(13-15-21)22(32)30-39-18-16-29-25(35)41-26(2,3)4/h20-21H,7-19H2,1-6H3,(H2,28,34)(H,29,35)(H,30,32). The highest BCUT2D eigenvalue weighted by molar-refractivity contribution is 7.81. The van der Waals surface area contributed by atoms with E-state index in [1.54, 1.807) is 20.8 Å². The van der Waals surface area contributed by atoms with Crippen molar-refractivity contribution in [3.05, 3.63) is 0 Å². The third-order valence-corrected chi connectivity index (χ3v) is 7.18. The van der Waals surface area contributed by atoms with Crippen molar-refractivity contribution < 1.29 is 50.4 Å². The number of esters is 1. The zero-order valence-electron chi connectivity index (χ0n) is 26.3. The number of carbonyl (C=O) groups excluding carboxylic acids is 4. The second-order valence-corrected chi connectivity index (χ2v) is 13.3. The van der Waals surface area contributed by atoms with Gasteiger partial charge in [0.1, 0.15) is 5.60 Å². The Hall–Kier alpha value is -2.69. The summed E-state index contributed by atoms with van der Waals surface area (Å²) in [5, 5.41) is 3.01. The summed E-state index contributed by atoms with van der Waals surface area (Å²) >= 11 is 0. The quantitative estimate of drug-likeness (QED) is 0.113. The molecule has 0 radical (unpaired) electrons. The van der Waals surface area contributed by atoms with Gasteiger partial charge in [-0.05, 0) is 66.7 Å². The van der Waals surface area contributed by atoms with E-state index in [0.29, 0.717) is 24.3 Å². The summed E-state index contributed by atoms with van der Waals surface area (Å²) in [5.41, 5.74) is 5.77. The largest absolute Gasteiger partial charge is 0.465 e. The van der Waals surface area contributed by atoms with Crippen molar-refractivity contribution in [2.45, 2.75) is 111 Å². The molecule has 250 valence electrons. The van der Waals surface area contributed by atoms with E-state index in [2.05, 4.69) is 17.7 Å². The van der Waals surface area contributed by atoms with Crippen LogP contribution in [0.1, 0.15) is 99.3 Å². The lowest BCUT2D eigenvalue weighted by Crippen LogP contribution is -2.48. The van der Waals surface area contributed by atoms with E-state index < -0.39 is 64.0 Å². The van der Waals surface area contributed by atoms with E-state index in [9.17, 15) is 27.6 Å². The first-order chi connectivity index (χ1) is 20.0. The minimum atomic E-state index is -4.76. The topological polar surface area (TPSA) is 202 Å². The number of nitrogens with one attached hydrogen (secondary N) is 2. The first kappa shape index (κ1) is 38.3. The van der Waals surface area contributed by atoms with Gasteiger partial charge in [0, 0.05) is 12.5 Å². The summed E-state index contributed by atoms with van der Waals surface area (Å²) < 4.78 is 45.1. The lowest BCUT2D eigenvalue weighted by molar-refractivity contribution is -0.156. The summed E-state index contributed by atoms with van der Waals surface area (Å²) in [6.45, 7) is 10.0. The van der Waals surface area contributed by atoms with Gasteiger partial charge in [-0.3, -0.25) is 14.4 Å². The number of hydrogen-bond donors (Lipinski definition) is 3. The van der Waals surface area contributed by atoms with Crippen LogP contribution in [0.2, 0.25) is 0 Å². The highest BCUT2D eigenvalue weighted by Gasteiger charge is 2.37. The lowest BCUT2D eigenvalue weighted by Gasteiger charge is -2.33. The Morgan fingerprint density at radius 1 is 0.930 bits per heavy atom. The molecule has 1 rings (SSSR count). The van der Waals surface area contributed by atoms with Gasteiger partial charge in [-0.25, -0.2) is 19.3 Å². The maximum Gasteiger partial charge on any atom is 0.421 e. The molecule has 0 spiro atoms. The number of alkyl carbamates (subject to hydrolysis) is 1. The molecule has 15 nitrogen and oxygen atoms in total. The molecular formula is C27H50N4O11S. The zero-order valence-corrected chi connectivity index (χ0v) is 27.1. The van der Waals surface area contributed by atoms with E-state index >= 15 is 0 Å². The monoisotopic (exact) mass is 638 g/mol. The third kappa shape index (κ3) is 16.1. The van der Waals surface area contributed by atoms with Crippen LogP contribution in [0.3, 0.4) is 0 Å². The van der Waals surface area contributed by atoms with E-state index in [0.717, 1.165) is 25.7 Å². The Bertz CT molecular complexity index is 1010. The number of unbranched alkanes of at least 4 members (excludes halogenated alkanes) is 4. The number of carbonyl (C=O) groups is 4. The zero-order chi connectivity index (χ0) is 32.7. The van der Waals surface area contributed by atoms with E-state index in [1.807, 2.05) is 0 Å². The number of hydrogen-bond acceptors (Lipinski definition) is 11. The molecular weight excluding hydrogens is 588 g/mol. The number of amides is 4. The Balaban J connectivity index is 2.47. The van der Waals surface area contributed by atoms with Crippen molar-refractivity contribution in [2.24, 2.45) is 17.1 Å². The number of urea groups is 1. The second-order valence-electron chi connectivity index (χ2n) is 12.1. The summed E-state index contributed by atoms with van der Waals surface area (Å²) in [4.78, 5) is 53.6. The molecule has 0 aromatic carbocycles. The van der Waals surface area contributed by atoms with Crippen LogP contribution in [0, 0.1) is 11.3 Å². The fraction of sp³-hybridized carbons (Fsp3) is 0.852. The molecule has 0 atom stereocenters. The maximum absolute atomic E-state index is 12.5. The average molecular weight is 639 g/mol. The Kier molecular flexibility index (Phi) is 16.2. The molecule has 0 aromatic rings. The molecule has 0 bridgehead atoms. The van der Waals surface area contributed by atoms with E-state index in [-0.39, 0.29) is 32.6 Å². The van der Waals surface area contributed by atoms with Crippen LogP contribution < -0.4 is 16.5 Å². The van der Waals surface area contributed by atoms with Crippen LogP contribution in [-0.4, -0.2) is 75.5 Å². The SMILES string of the molecule is CCCCCCCOC(=O)C(C)(C)COS(=O)(=O)ON(C(N)=O)C1CCC(C(=O)NOCCNC(=O)OC(C)(C)C)CC1. The van der Waals surface area contributed by atoms with Gasteiger partial charge in [-0.1, -0.05) is 32.6 Å². The summed E-state index contributed by atoms with van der Waals surface area (Å²) in [7, 11) is -4.76. The lowest BCUT2D eigenvalue weighted by atomic mass is 9.85. The van der Waals surface area contributed by atoms with Crippen molar-refractivity contribution in [3.63, 3.8) is 0 Å². The average Bonchev–Trinajstić information content (AvgIpc) is 2.91. The number of rotatable bonds is 18. The molecule has 16 heteroatoms. The van der Waals surface area contributed by atoms with Crippen LogP contribution in [-0.2, 0) is 42.8 Å². The third-order valence-electron chi connectivity index (χ3n) is 6.43. The van der Waals surface area contributed by atoms with Crippen LogP contribution in [0.25, 0.3) is 0 Å². The summed E-state index contributed by atoms with van der Waals surface area (Å²) in [5.74, 6) is -1.48. The van der Waals surface area contributed by atoms with E-state index in [1.165, 1.54) is 13.8 Å². The van der Waals surface area contributed by atoms with Crippen molar-refractivity contribution in [1.82, 2.24) is 15.9 Å². The van der Waals surface area contributed by atoms with Gasteiger partial charge in [0.15, 0.2) is 0 Å². The summed E-state index contributed by atoms with van der Waals surface area (Å²) in [6, 6.07) is -1.88. The van der Waals surface area contributed by atoms with Crippen molar-refractivity contribution in [2.75, 3.05) is 26.4 Å². The van der Waals surface area contributed by atoms with Crippen LogP contribution >= 0.6 is 0 Å². The fourth-order valence-corrected chi connectivity index (χ4v) is 4.91. The van der Waals surface area contributed by atoms with Gasteiger partial charge in [0.25, 0.3) is 0 Å². The van der Waals surface area contributed by atoms with Gasteiger partial charge >= 0.3 is 28.5 Å². The number of hydroxylamine groups is 3. The molecule has 0 heterocycles. The summed E-state index contributed by atoms with van der Waals surface area (Å²) in [6.07, 6.45) is 5.30.